The number of allylic oxidation sites excluding steroid dienone is 2. The maximum absolute atomic E-state index is 14.1. The highest BCUT2D eigenvalue weighted by atomic mass is 35.5. The first-order valence-electron chi connectivity index (χ1n) is 10.7. The summed E-state index contributed by atoms with van der Waals surface area (Å²) in [5.74, 6) is -1.31. The van der Waals surface area contributed by atoms with Gasteiger partial charge in [0.05, 0.1) is 10.8 Å². The van der Waals surface area contributed by atoms with Crippen molar-refractivity contribution in [2.75, 3.05) is 7.05 Å². The number of hydrogen-bond acceptors (Lipinski definition) is 7. The lowest BCUT2D eigenvalue weighted by molar-refractivity contribution is 0.00508. The van der Waals surface area contributed by atoms with E-state index in [1.165, 1.54) is 27.0 Å². The first-order valence-corrected chi connectivity index (χ1v) is 11.5. The molecule has 0 fully saturated rings. The van der Waals surface area contributed by atoms with Crippen LogP contribution in [0.4, 0.5) is 14.0 Å². The number of aliphatic hydroxyl groups is 1. The molecule has 0 saturated heterocycles. The van der Waals surface area contributed by atoms with Crippen LogP contribution in [-0.2, 0) is 14.2 Å². The van der Waals surface area contributed by atoms with E-state index in [4.69, 9.17) is 37.4 Å². The highest BCUT2D eigenvalue weighted by Gasteiger charge is 2.36. The predicted octanol–water partition coefficient (Wildman–Crippen LogP) is 7.23. The zero-order chi connectivity index (χ0) is 27.3. The number of hydrogen-bond donors (Lipinski definition) is 2. The van der Waals surface area contributed by atoms with E-state index < -0.39 is 35.3 Å². The van der Waals surface area contributed by atoms with E-state index in [9.17, 15) is 19.1 Å². The molecule has 1 rings (SSSR count). The van der Waals surface area contributed by atoms with Crippen molar-refractivity contribution >= 4 is 35.4 Å². The number of aliphatic hydroxyl groups excluding tert-OH is 1. The summed E-state index contributed by atoms with van der Waals surface area (Å²) in [4.78, 5) is 26.8. The van der Waals surface area contributed by atoms with E-state index in [0.717, 1.165) is 12.1 Å². The van der Waals surface area contributed by atoms with E-state index in [1.54, 1.807) is 41.5 Å². The molecule has 0 aliphatic carbocycles. The van der Waals surface area contributed by atoms with Crippen LogP contribution in [0.1, 0.15) is 67.1 Å². The van der Waals surface area contributed by atoms with Crippen LogP contribution >= 0.6 is 23.2 Å². The Morgan fingerprint density at radius 3 is 1.97 bits per heavy atom. The average molecular weight is 535 g/mol. The maximum Gasteiger partial charge on any atom is 0.425 e. The molecule has 0 radical (unpaired) electrons. The van der Waals surface area contributed by atoms with Gasteiger partial charge in [-0.25, -0.2) is 14.0 Å². The van der Waals surface area contributed by atoms with Gasteiger partial charge in [-0.3, -0.25) is 0 Å². The molecule has 2 N–H and O–H groups in total. The number of nitrogens with zero attached hydrogens (tertiary/aromatic N) is 1. The number of carbonyl (C=O) groups is 2. The van der Waals surface area contributed by atoms with Gasteiger partial charge in [-0.05, 0) is 67.5 Å². The second-order valence-electron chi connectivity index (χ2n) is 9.56. The summed E-state index contributed by atoms with van der Waals surface area (Å²) in [5.41, 5.74) is -1.77. The monoisotopic (exact) mass is 534 g/mol. The molecule has 8 nitrogen and oxygen atoms in total. The summed E-state index contributed by atoms with van der Waals surface area (Å²) < 4.78 is 30.8. The van der Waals surface area contributed by atoms with Crippen molar-refractivity contribution < 1.29 is 33.3 Å². The Morgan fingerprint density at radius 1 is 1.09 bits per heavy atom. The first kappa shape index (κ1) is 30.4. The van der Waals surface area contributed by atoms with Crippen molar-refractivity contribution in [1.29, 1.82) is 0 Å². The van der Waals surface area contributed by atoms with E-state index in [-0.39, 0.29) is 32.9 Å². The van der Waals surface area contributed by atoms with Crippen LogP contribution in [0, 0.1) is 5.82 Å². The molecule has 0 unspecified atom stereocenters. The summed E-state index contributed by atoms with van der Waals surface area (Å²) >= 11 is 12.3. The Balaban J connectivity index is 3.72. The summed E-state index contributed by atoms with van der Waals surface area (Å²) in [5, 5.41) is 12.6. The molecule has 35 heavy (non-hydrogen) atoms. The van der Waals surface area contributed by atoms with Crippen molar-refractivity contribution in [1.82, 2.24) is 10.2 Å². The minimum atomic E-state index is -1.06. The topological polar surface area (TPSA) is 97.3 Å². The van der Waals surface area contributed by atoms with E-state index in [1.807, 2.05) is 0 Å². The number of nitrogens with one attached hydrogen (secondary N) is 1. The second kappa shape index (κ2) is 11.9. The number of imide groups is 1. The minimum Gasteiger partial charge on any atom is -0.512 e. The van der Waals surface area contributed by atoms with Gasteiger partial charge in [0.25, 0.3) is 0 Å². The van der Waals surface area contributed by atoms with E-state index in [2.05, 4.69) is 5.32 Å². The van der Waals surface area contributed by atoms with Gasteiger partial charge in [-0.15, -0.1) is 0 Å². The van der Waals surface area contributed by atoms with Gasteiger partial charge in [0.15, 0.2) is 11.6 Å². The summed E-state index contributed by atoms with van der Waals surface area (Å²) in [6.07, 6.45) is -1.93. The molecule has 196 valence electrons. The van der Waals surface area contributed by atoms with Crippen molar-refractivity contribution in [3.8, 4) is 0 Å². The molecular formula is C24H33Cl2FN2O6. The predicted molar refractivity (Wildman–Crippen MR) is 133 cm³/mol. The molecule has 0 aromatic heterocycles. The fourth-order valence-electron chi connectivity index (χ4n) is 2.73. The molecule has 1 atom stereocenters. The van der Waals surface area contributed by atoms with Gasteiger partial charge in [-0.1, -0.05) is 23.2 Å². The van der Waals surface area contributed by atoms with Gasteiger partial charge in [0, 0.05) is 23.7 Å². The summed E-state index contributed by atoms with van der Waals surface area (Å²) in [6, 6.07) is 2.43. The van der Waals surface area contributed by atoms with Crippen LogP contribution in [0.2, 0.25) is 10.0 Å². The number of carbonyl (C=O) groups excluding carboxylic acids is 2. The molecule has 1 aromatic rings. The lowest BCUT2D eigenvalue weighted by atomic mass is 10.1. The summed E-state index contributed by atoms with van der Waals surface area (Å²) in [6.45, 7) is 12.7. The average Bonchev–Trinajstić information content (AvgIpc) is 2.65. The Bertz CT molecular complexity index is 980. The van der Waals surface area contributed by atoms with Crippen molar-refractivity contribution in [3.63, 3.8) is 0 Å². The van der Waals surface area contributed by atoms with Crippen LogP contribution in [0.3, 0.4) is 0 Å². The van der Waals surface area contributed by atoms with Crippen LogP contribution in [0.15, 0.2) is 35.5 Å². The second-order valence-corrected chi connectivity index (χ2v) is 10.3. The van der Waals surface area contributed by atoms with Gasteiger partial charge >= 0.3 is 12.2 Å². The lowest BCUT2D eigenvalue weighted by Crippen LogP contribution is -2.46. The Hall–Kier alpha value is -2.65. The largest absolute Gasteiger partial charge is 0.512 e. The van der Waals surface area contributed by atoms with Crippen molar-refractivity contribution in [3.05, 3.63) is 57.0 Å². The number of ether oxygens (including phenoxy) is 3. The molecule has 0 heterocycles. The molecule has 0 bridgehead atoms. The number of rotatable bonds is 6. The molecule has 11 heteroatoms. The molecule has 0 aliphatic rings. The van der Waals surface area contributed by atoms with E-state index in [0.29, 0.717) is 4.90 Å². The van der Waals surface area contributed by atoms with E-state index >= 15 is 0 Å². The van der Waals surface area contributed by atoms with Crippen LogP contribution in [0.25, 0.3) is 0 Å². The van der Waals surface area contributed by atoms with Crippen molar-refractivity contribution in [2.24, 2.45) is 0 Å². The molecule has 0 spiro atoms. The fourth-order valence-corrected chi connectivity index (χ4v) is 3.41. The Labute approximate surface area is 215 Å². The number of benzene rings is 1. The fraction of sp³-hybridized carbons (Fsp3) is 0.500. The quantitative estimate of drug-likeness (QED) is 0.225. The third kappa shape index (κ3) is 9.14. The smallest absolute Gasteiger partial charge is 0.425 e. The minimum absolute atomic E-state index is 0.131. The molecule has 2 amide bonds. The number of amides is 2. The third-order valence-corrected chi connectivity index (χ3v) is 4.69. The van der Waals surface area contributed by atoms with Crippen molar-refractivity contribution in [2.45, 2.75) is 72.7 Å². The zero-order valence-corrected chi connectivity index (χ0v) is 22.9. The van der Waals surface area contributed by atoms with Gasteiger partial charge in [-0.2, -0.15) is 4.90 Å². The van der Waals surface area contributed by atoms with Gasteiger partial charge in [0.1, 0.15) is 23.1 Å². The maximum atomic E-state index is 14.1. The normalized spacial score (nSPS) is 14.0. The standard InChI is InChI=1S/C24H33Cl2FN2O6/c1-13(30)12-17(33-14(2)18-15(25)10-11-16(27)19(18)26)20(28-9)29(21(31)34-23(3,4)5)22(32)35-24(6,7)8/h10-12,14,28,30H,1-9H3/b13-12?,20-17-/t14-/m1/s1. The molecular weight excluding hydrogens is 502 g/mol. The zero-order valence-electron chi connectivity index (χ0n) is 21.4. The SMILES string of the molecule is CN/C(=C(\C=C(C)O)O[C@H](C)c1c(Cl)ccc(F)c1Cl)N(C(=O)OC(C)(C)C)C(=O)OC(C)(C)C. The highest BCUT2D eigenvalue weighted by molar-refractivity contribution is 6.36. The van der Waals surface area contributed by atoms with Gasteiger partial charge < -0.3 is 24.6 Å². The summed E-state index contributed by atoms with van der Waals surface area (Å²) in [7, 11) is 1.42. The Morgan fingerprint density at radius 2 is 1.57 bits per heavy atom. The first-order chi connectivity index (χ1) is 15.9. The third-order valence-electron chi connectivity index (χ3n) is 3.98. The molecule has 0 aliphatic heterocycles. The van der Waals surface area contributed by atoms with Crippen LogP contribution in [0.5, 0.6) is 0 Å². The number of halogens is 3. The molecule has 1 aromatic carbocycles. The highest BCUT2D eigenvalue weighted by Crippen LogP contribution is 2.36. The Kier molecular flexibility index (Phi) is 10.3. The van der Waals surface area contributed by atoms with Crippen LogP contribution in [-0.4, -0.2) is 40.4 Å². The van der Waals surface area contributed by atoms with Gasteiger partial charge in [0.2, 0.25) is 0 Å². The van der Waals surface area contributed by atoms with Crippen LogP contribution < -0.4 is 5.32 Å². The lowest BCUT2D eigenvalue weighted by Gasteiger charge is -2.31. The molecule has 0 saturated carbocycles.